The van der Waals surface area contributed by atoms with E-state index in [0.717, 1.165) is 13.2 Å². The van der Waals surface area contributed by atoms with Gasteiger partial charge in [0.15, 0.2) is 0 Å². The maximum Gasteiger partial charge on any atom is 0.340 e. The van der Waals surface area contributed by atoms with Gasteiger partial charge < -0.3 is 15.2 Å². The number of nitrogens with zero attached hydrogens (tertiary/aromatic N) is 1. The van der Waals surface area contributed by atoms with Gasteiger partial charge in [0, 0.05) is 0 Å². The highest BCUT2D eigenvalue weighted by molar-refractivity contribution is 5.92. The molecule has 108 valence electrons. The summed E-state index contributed by atoms with van der Waals surface area (Å²) >= 11 is 0. The Morgan fingerprint density at radius 1 is 1.60 bits per heavy atom. The summed E-state index contributed by atoms with van der Waals surface area (Å²) in [5, 5.41) is 23.0. The average Bonchev–Trinajstić information content (AvgIpc) is 3.19. The smallest absolute Gasteiger partial charge is 0.340 e. The highest BCUT2D eigenvalue weighted by Crippen LogP contribution is 2.41. The Kier molecular flexibility index (Phi) is 3.58. The van der Waals surface area contributed by atoms with Gasteiger partial charge in [-0.25, -0.2) is 9.18 Å². The highest BCUT2D eigenvalue weighted by Gasteiger charge is 2.43. The van der Waals surface area contributed by atoms with E-state index in [1.807, 2.05) is 0 Å². The molecule has 1 saturated carbocycles. The summed E-state index contributed by atoms with van der Waals surface area (Å²) in [6.45, 7) is -0.199. The molecule has 0 aromatic heterocycles. The van der Waals surface area contributed by atoms with E-state index in [9.17, 15) is 24.4 Å². The number of hydrogen-bond donors (Lipinski definition) is 2. The second-order valence-electron chi connectivity index (χ2n) is 4.66. The number of carbonyl (C=O) groups is 1. The van der Waals surface area contributed by atoms with Crippen LogP contribution in [0, 0.1) is 15.9 Å². The Bertz CT molecular complexity index is 571. The summed E-state index contributed by atoms with van der Waals surface area (Å²) in [5.41, 5.74) is -1.52. The van der Waals surface area contributed by atoms with Gasteiger partial charge in [-0.3, -0.25) is 10.1 Å². The van der Waals surface area contributed by atoms with Crippen molar-refractivity contribution in [1.29, 1.82) is 0 Å². The van der Waals surface area contributed by atoms with E-state index in [2.05, 4.69) is 10.1 Å². The van der Waals surface area contributed by atoms with Gasteiger partial charge in [-0.05, 0) is 18.9 Å². The minimum Gasteiger partial charge on any atom is -0.465 e. The van der Waals surface area contributed by atoms with Crippen molar-refractivity contribution in [2.45, 2.75) is 18.4 Å². The van der Waals surface area contributed by atoms with Gasteiger partial charge in [0.1, 0.15) is 11.5 Å². The summed E-state index contributed by atoms with van der Waals surface area (Å²) in [7, 11) is 1.09. The third-order valence-corrected chi connectivity index (χ3v) is 3.24. The number of hydrogen-bond acceptors (Lipinski definition) is 6. The van der Waals surface area contributed by atoms with Gasteiger partial charge in [-0.15, -0.1) is 0 Å². The van der Waals surface area contributed by atoms with E-state index < -0.39 is 33.5 Å². The fraction of sp³-hybridized carbons (Fsp3) is 0.417. The van der Waals surface area contributed by atoms with Crippen LogP contribution < -0.4 is 5.32 Å². The second-order valence-corrected chi connectivity index (χ2v) is 4.66. The molecule has 0 radical (unpaired) electrons. The second kappa shape index (κ2) is 5.04. The van der Waals surface area contributed by atoms with Crippen LogP contribution in [0.5, 0.6) is 0 Å². The zero-order chi connectivity index (χ0) is 14.9. The number of esters is 1. The zero-order valence-electron chi connectivity index (χ0n) is 10.7. The number of rotatable bonds is 5. The summed E-state index contributed by atoms with van der Waals surface area (Å²) in [4.78, 5) is 21.6. The molecule has 8 heteroatoms. The largest absolute Gasteiger partial charge is 0.465 e. The van der Waals surface area contributed by atoms with Crippen LogP contribution in [0.25, 0.3) is 0 Å². The molecule has 20 heavy (non-hydrogen) atoms. The molecule has 1 aliphatic carbocycles. The molecule has 0 atom stereocenters. The van der Waals surface area contributed by atoms with Gasteiger partial charge in [-0.1, -0.05) is 0 Å². The predicted molar refractivity (Wildman–Crippen MR) is 67.1 cm³/mol. The number of benzene rings is 1. The van der Waals surface area contributed by atoms with Gasteiger partial charge >= 0.3 is 5.97 Å². The monoisotopic (exact) mass is 284 g/mol. The first-order valence-electron chi connectivity index (χ1n) is 5.88. The van der Waals surface area contributed by atoms with Crippen LogP contribution >= 0.6 is 0 Å². The van der Waals surface area contributed by atoms with Crippen LogP contribution in [0.15, 0.2) is 12.1 Å². The molecule has 0 heterocycles. The van der Waals surface area contributed by atoms with E-state index in [1.165, 1.54) is 0 Å². The molecule has 2 rings (SSSR count). The molecule has 0 spiro atoms. The Morgan fingerprint density at radius 2 is 2.25 bits per heavy atom. The molecule has 0 unspecified atom stereocenters. The fourth-order valence-electron chi connectivity index (χ4n) is 1.84. The van der Waals surface area contributed by atoms with Crippen LogP contribution in [0.4, 0.5) is 15.8 Å². The minimum atomic E-state index is -1.03. The van der Waals surface area contributed by atoms with Crippen molar-refractivity contribution in [3.63, 3.8) is 0 Å². The third kappa shape index (κ3) is 2.55. The molecular weight excluding hydrogens is 271 g/mol. The topological polar surface area (TPSA) is 102 Å². The quantitative estimate of drug-likeness (QED) is 0.482. The van der Waals surface area contributed by atoms with Crippen molar-refractivity contribution in [2.75, 3.05) is 19.0 Å². The molecule has 2 N–H and O–H groups in total. The first-order valence-corrected chi connectivity index (χ1v) is 5.88. The zero-order valence-corrected chi connectivity index (χ0v) is 10.7. The van der Waals surface area contributed by atoms with Crippen LogP contribution in [0.1, 0.15) is 23.2 Å². The molecule has 0 aliphatic heterocycles. The molecule has 7 nitrogen and oxygen atoms in total. The number of aliphatic hydroxyl groups is 1. The van der Waals surface area contributed by atoms with Crippen molar-refractivity contribution >= 4 is 17.3 Å². The maximum absolute atomic E-state index is 13.7. The number of carbonyl (C=O) groups excluding carboxylic acids is 1. The lowest BCUT2D eigenvalue weighted by Gasteiger charge is -2.16. The molecular formula is C12H13FN2O5. The van der Waals surface area contributed by atoms with Crippen molar-refractivity contribution < 1.29 is 24.0 Å². The summed E-state index contributed by atoms with van der Waals surface area (Å²) in [6, 6.07) is 1.71. The van der Waals surface area contributed by atoms with E-state index in [1.54, 1.807) is 0 Å². The van der Waals surface area contributed by atoms with Crippen molar-refractivity contribution in [3.05, 3.63) is 33.6 Å². The average molecular weight is 284 g/mol. The number of aliphatic hydroxyl groups excluding tert-OH is 1. The van der Waals surface area contributed by atoms with Gasteiger partial charge in [0.2, 0.25) is 0 Å². The number of halogens is 1. The Labute approximate surface area is 113 Å². The molecule has 1 fully saturated rings. The predicted octanol–water partition coefficient (Wildman–Crippen LogP) is 1.46. The summed E-state index contributed by atoms with van der Waals surface area (Å²) in [6.07, 6.45) is 1.29. The summed E-state index contributed by atoms with van der Waals surface area (Å²) in [5.74, 6) is -1.95. The molecule has 1 aliphatic rings. The normalized spacial score (nSPS) is 15.6. The third-order valence-electron chi connectivity index (χ3n) is 3.24. The Balaban J connectivity index is 2.45. The Morgan fingerprint density at radius 3 is 2.70 bits per heavy atom. The molecule has 0 amide bonds. The summed E-state index contributed by atoms with van der Waals surface area (Å²) < 4.78 is 18.1. The molecule has 0 saturated heterocycles. The first kappa shape index (κ1) is 14.2. The fourth-order valence-corrected chi connectivity index (χ4v) is 1.84. The van der Waals surface area contributed by atoms with E-state index in [0.29, 0.717) is 18.9 Å². The lowest BCUT2D eigenvalue weighted by molar-refractivity contribution is -0.384. The van der Waals surface area contributed by atoms with Crippen molar-refractivity contribution in [3.8, 4) is 0 Å². The number of nitrogens with one attached hydrogen (secondary N) is 1. The van der Waals surface area contributed by atoms with E-state index >= 15 is 0 Å². The highest BCUT2D eigenvalue weighted by atomic mass is 19.1. The lowest BCUT2D eigenvalue weighted by atomic mass is 10.1. The lowest BCUT2D eigenvalue weighted by Crippen LogP contribution is -2.26. The van der Waals surface area contributed by atoms with Crippen molar-refractivity contribution in [2.24, 2.45) is 0 Å². The van der Waals surface area contributed by atoms with Crippen molar-refractivity contribution in [1.82, 2.24) is 0 Å². The number of anilines is 1. The Hall–Kier alpha value is -2.22. The number of nitro groups is 1. The van der Waals surface area contributed by atoms with Crippen LogP contribution in [-0.4, -0.2) is 35.3 Å². The molecule has 0 bridgehead atoms. The van der Waals surface area contributed by atoms with E-state index in [4.69, 9.17) is 0 Å². The van der Waals surface area contributed by atoms with Gasteiger partial charge in [-0.2, -0.15) is 0 Å². The minimum absolute atomic E-state index is 0.0108. The first-order chi connectivity index (χ1) is 9.42. The van der Waals surface area contributed by atoms with Crippen LogP contribution in [0.2, 0.25) is 0 Å². The standard InChI is InChI=1S/C12H13FN2O5/c1-20-11(17)7-4-9(14-12(6-16)2-3-12)10(15(18)19)5-8(7)13/h4-5,14,16H,2-3,6H2,1H3. The van der Waals surface area contributed by atoms with Gasteiger partial charge in [0.25, 0.3) is 5.69 Å². The van der Waals surface area contributed by atoms with Crippen LogP contribution in [0.3, 0.4) is 0 Å². The molecule has 1 aromatic carbocycles. The molecule has 1 aromatic rings. The SMILES string of the molecule is COC(=O)c1cc(NC2(CO)CC2)c([N+](=O)[O-])cc1F. The van der Waals surface area contributed by atoms with E-state index in [-0.39, 0.29) is 12.3 Å². The number of methoxy groups -OCH3 is 1. The maximum atomic E-state index is 13.7. The van der Waals surface area contributed by atoms with Crippen LogP contribution in [-0.2, 0) is 4.74 Å². The number of nitro benzene ring substituents is 1. The van der Waals surface area contributed by atoms with Gasteiger partial charge in [0.05, 0.1) is 35.8 Å². The number of ether oxygens (including phenoxy) is 1.